The maximum Gasteiger partial charge on any atom is 0.183 e. The molecule has 0 aliphatic carbocycles. The minimum atomic E-state index is 0.138. The molecule has 146 valence electrons. The van der Waals surface area contributed by atoms with Gasteiger partial charge in [0, 0.05) is 36.6 Å². The Kier molecular flexibility index (Phi) is 5.15. The van der Waals surface area contributed by atoms with Crippen LogP contribution in [0.25, 0.3) is 17.6 Å². The number of hydrogen-bond donors (Lipinski definition) is 0. The largest absolute Gasteiger partial charge is 0.497 e. The summed E-state index contributed by atoms with van der Waals surface area (Å²) in [6.45, 7) is 8.43. The second-order valence-electron chi connectivity index (χ2n) is 6.63. The highest BCUT2D eigenvalue weighted by Gasteiger charge is 2.29. The lowest BCUT2D eigenvalue weighted by molar-refractivity contribution is 0.155. The van der Waals surface area contributed by atoms with Crippen molar-refractivity contribution in [2.45, 2.75) is 26.1 Å². The fourth-order valence-corrected chi connectivity index (χ4v) is 4.16. The van der Waals surface area contributed by atoms with Crippen molar-refractivity contribution in [3.8, 4) is 23.0 Å². The highest BCUT2D eigenvalue weighted by Crippen LogP contribution is 2.32. The third-order valence-electron chi connectivity index (χ3n) is 5.10. The average Bonchev–Trinajstić information content (AvgIpc) is 3.37. The Hall–Kier alpha value is -2.71. The van der Waals surface area contributed by atoms with Gasteiger partial charge in [-0.15, -0.1) is 21.5 Å². The smallest absolute Gasteiger partial charge is 0.183 e. The molecule has 0 spiro atoms. The molecule has 1 atom stereocenters. The van der Waals surface area contributed by atoms with Gasteiger partial charge < -0.3 is 14.0 Å². The molecule has 8 heteroatoms. The number of aromatic nitrogens is 4. The van der Waals surface area contributed by atoms with E-state index in [4.69, 9.17) is 9.47 Å². The summed E-state index contributed by atoms with van der Waals surface area (Å²) in [6.07, 6.45) is 1.76. The van der Waals surface area contributed by atoms with Gasteiger partial charge in [0.15, 0.2) is 11.6 Å². The van der Waals surface area contributed by atoms with E-state index in [0.29, 0.717) is 0 Å². The van der Waals surface area contributed by atoms with Crippen LogP contribution in [-0.2, 0) is 13.1 Å². The maximum atomic E-state index is 5.55. The molecule has 2 aromatic heterocycles. The quantitative estimate of drug-likeness (QED) is 0.633. The van der Waals surface area contributed by atoms with Crippen LogP contribution in [0.2, 0.25) is 0 Å². The van der Waals surface area contributed by atoms with E-state index < -0.39 is 0 Å². The molecule has 0 saturated carbocycles. The Morgan fingerprint density at radius 1 is 1.25 bits per heavy atom. The van der Waals surface area contributed by atoms with E-state index in [0.717, 1.165) is 59.0 Å². The fourth-order valence-electron chi connectivity index (χ4n) is 3.52. The van der Waals surface area contributed by atoms with Gasteiger partial charge in [0.1, 0.15) is 22.2 Å². The summed E-state index contributed by atoms with van der Waals surface area (Å²) in [7, 11) is 3.35. The first-order valence-electron chi connectivity index (χ1n) is 9.11. The van der Waals surface area contributed by atoms with Crippen LogP contribution in [0.4, 0.5) is 0 Å². The highest BCUT2D eigenvalue weighted by molar-refractivity contribution is 7.10. The number of rotatable bonds is 6. The fraction of sp³-hybridized carbons (Fsp3) is 0.350. The van der Waals surface area contributed by atoms with E-state index in [9.17, 15) is 0 Å². The Morgan fingerprint density at radius 2 is 2.11 bits per heavy atom. The van der Waals surface area contributed by atoms with Crippen LogP contribution in [0, 0.1) is 0 Å². The molecule has 0 unspecified atom stereocenters. The zero-order valence-corrected chi connectivity index (χ0v) is 17.1. The topological polar surface area (TPSA) is 65.3 Å². The number of ether oxygens (including phenoxy) is 2. The summed E-state index contributed by atoms with van der Waals surface area (Å²) in [6, 6.07) is 6.08. The van der Waals surface area contributed by atoms with Gasteiger partial charge in [0.05, 0.1) is 20.3 Å². The Balaban J connectivity index is 1.58. The molecular formula is C20H23N5O2S. The van der Waals surface area contributed by atoms with Gasteiger partial charge in [0.25, 0.3) is 0 Å². The standard InChI is InChI=1S/C20H23N5O2S/c1-5-18-21-16(12-28-18)20-23-22-19-13(2)24(8-9-25(19)20)11-14-6-7-15(26-3)10-17(14)27-4/h5-7,10,12-13H,1,8-9,11H2,2-4H3/t13-/m0/s1. The van der Waals surface area contributed by atoms with E-state index in [1.54, 1.807) is 31.6 Å². The van der Waals surface area contributed by atoms with Crippen LogP contribution in [0.1, 0.15) is 29.4 Å². The second kappa shape index (κ2) is 7.73. The Bertz CT molecular complexity index is 996. The molecule has 1 aliphatic heterocycles. The monoisotopic (exact) mass is 397 g/mol. The number of benzene rings is 1. The molecule has 0 saturated heterocycles. The molecule has 1 aromatic carbocycles. The van der Waals surface area contributed by atoms with Crippen molar-refractivity contribution < 1.29 is 9.47 Å². The number of methoxy groups -OCH3 is 2. The van der Waals surface area contributed by atoms with Crippen LogP contribution in [0.15, 0.2) is 30.2 Å². The van der Waals surface area contributed by atoms with E-state index >= 15 is 0 Å². The van der Waals surface area contributed by atoms with Crippen LogP contribution >= 0.6 is 11.3 Å². The first-order valence-corrected chi connectivity index (χ1v) is 9.99. The predicted molar refractivity (Wildman–Crippen MR) is 110 cm³/mol. The zero-order chi connectivity index (χ0) is 19.7. The lowest BCUT2D eigenvalue weighted by Crippen LogP contribution is -2.36. The minimum Gasteiger partial charge on any atom is -0.497 e. The van der Waals surface area contributed by atoms with Crippen molar-refractivity contribution in [1.29, 1.82) is 0 Å². The molecule has 3 heterocycles. The molecule has 0 bridgehead atoms. The highest BCUT2D eigenvalue weighted by atomic mass is 32.1. The van der Waals surface area contributed by atoms with E-state index in [-0.39, 0.29) is 6.04 Å². The number of nitrogens with zero attached hydrogens (tertiary/aromatic N) is 5. The van der Waals surface area contributed by atoms with Gasteiger partial charge in [-0.25, -0.2) is 4.98 Å². The predicted octanol–water partition coefficient (Wildman–Crippen LogP) is 3.64. The number of fused-ring (bicyclic) bond motifs is 1. The van der Waals surface area contributed by atoms with E-state index in [1.165, 1.54) is 0 Å². The summed E-state index contributed by atoms with van der Waals surface area (Å²) in [4.78, 5) is 6.95. The summed E-state index contributed by atoms with van der Waals surface area (Å²) in [5.74, 6) is 3.41. The van der Waals surface area contributed by atoms with Gasteiger partial charge in [0.2, 0.25) is 0 Å². The van der Waals surface area contributed by atoms with Crippen LogP contribution in [-0.4, -0.2) is 45.4 Å². The molecule has 0 N–H and O–H groups in total. The summed E-state index contributed by atoms with van der Waals surface area (Å²) < 4.78 is 13.0. The molecule has 3 aromatic rings. The van der Waals surface area contributed by atoms with Crippen LogP contribution in [0.5, 0.6) is 11.5 Å². The van der Waals surface area contributed by atoms with Crippen LogP contribution in [0.3, 0.4) is 0 Å². The number of hydrogen-bond acceptors (Lipinski definition) is 7. The molecule has 0 amide bonds. The van der Waals surface area contributed by atoms with Crippen molar-refractivity contribution >= 4 is 17.4 Å². The number of thiazole rings is 1. The minimum absolute atomic E-state index is 0.138. The molecule has 7 nitrogen and oxygen atoms in total. The molecule has 28 heavy (non-hydrogen) atoms. The lowest BCUT2D eigenvalue weighted by atomic mass is 10.1. The SMILES string of the molecule is C=Cc1nc(-c2nnc3n2CCN(Cc2ccc(OC)cc2OC)[C@H]3C)cs1. The van der Waals surface area contributed by atoms with Gasteiger partial charge >= 0.3 is 0 Å². The third-order valence-corrected chi connectivity index (χ3v) is 5.95. The second-order valence-corrected chi connectivity index (χ2v) is 7.52. The van der Waals surface area contributed by atoms with Crippen molar-refractivity contribution in [3.63, 3.8) is 0 Å². The summed E-state index contributed by atoms with van der Waals surface area (Å²) in [5, 5.41) is 11.8. The van der Waals surface area contributed by atoms with Crippen molar-refractivity contribution in [3.05, 3.63) is 46.6 Å². The van der Waals surface area contributed by atoms with E-state index in [2.05, 4.69) is 44.2 Å². The van der Waals surface area contributed by atoms with Gasteiger partial charge in [-0.2, -0.15) is 0 Å². The third kappa shape index (κ3) is 3.29. The first kappa shape index (κ1) is 18.6. The van der Waals surface area contributed by atoms with Gasteiger partial charge in [-0.1, -0.05) is 12.6 Å². The van der Waals surface area contributed by atoms with Crippen molar-refractivity contribution in [2.75, 3.05) is 20.8 Å². The van der Waals surface area contributed by atoms with Crippen molar-refractivity contribution in [2.24, 2.45) is 0 Å². The Labute approximate surface area is 168 Å². The molecule has 1 aliphatic rings. The summed E-state index contributed by atoms with van der Waals surface area (Å²) >= 11 is 1.56. The lowest BCUT2D eigenvalue weighted by Gasteiger charge is -2.33. The van der Waals surface area contributed by atoms with Gasteiger partial charge in [-0.3, -0.25) is 4.90 Å². The first-order chi connectivity index (χ1) is 13.6. The Morgan fingerprint density at radius 3 is 2.82 bits per heavy atom. The van der Waals surface area contributed by atoms with Crippen LogP contribution < -0.4 is 9.47 Å². The van der Waals surface area contributed by atoms with Gasteiger partial charge in [-0.05, 0) is 19.1 Å². The normalized spacial score (nSPS) is 16.6. The average molecular weight is 398 g/mol. The molecule has 0 fully saturated rings. The molecule has 4 rings (SSSR count). The van der Waals surface area contributed by atoms with Crippen molar-refractivity contribution in [1.82, 2.24) is 24.6 Å². The maximum absolute atomic E-state index is 5.55. The zero-order valence-electron chi connectivity index (χ0n) is 16.3. The molecule has 0 radical (unpaired) electrons. The van der Waals surface area contributed by atoms with E-state index in [1.807, 2.05) is 17.5 Å². The molecular weight excluding hydrogens is 374 g/mol. The summed E-state index contributed by atoms with van der Waals surface area (Å²) in [5.41, 5.74) is 1.98.